The second-order valence-corrected chi connectivity index (χ2v) is 5.88. The van der Waals surface area contributed by atoms with Gasteiger partial charge in [-0.3, -0.25) is 9.69 Å². The smallest absolute Gasteiger partial charge is 0.272 e. The van der Waals surface area contributed by atoms with E-state index in [2.05, 4.69) is 15.2 Å². The first-order chi connectivity index (χ1) is 10.3. The maximum atomic E-state index is 12.6. The molecule has 1 aromatic rings. The van der Waals surface area contributed by atoms with Gasteiger partial charge in [-0.25, -0.2) is 4.98 Å². The van der Waals surface area contributed by atoms with E-state index in [4.69, 9.17) is 0 Å². The molecule has 2 fully saturated rings. The van der Waals surface area contributed by atoms with E-state index in [1.807, 2.05) is 30.0 Å². The van der Waals surface area contributed by atoms with E-state index in [1.165, 1.54) is 25.8 Å². The normalized spacial score (nSPS) is 22.7. The maximum Gasteiger partial charge on any atom is 0.272 e. The zero-order valence-corrected chi connectivity index (χ0v) is 12.7. The molecule has 114 valence electrons. The third kappa shape index (κ3) is 3.18. The van der Waals surface area contributed by atoms with Gasteiger partial charge in [-0.05, 0) is 38.4 Å². The third-order valence-corrected chi connectivity index (χ3v) is 4.45. The van der Waals surface area contributed by atoms with E-state index in [0.717, 1.165) is 32.0 Å². The van der Waals surface area contributed by atoms with Crippen molar-refractivity contribution in [2.24, 2.45) is 0 Å². The molecule has 0 spiro atoms. The van der Waals surface area contributed by atoms with E-state index >= 15 is 0 Å². The molecule has 2 aliphatic rings. The topological polar surface area (TPSA) is 48.5 Å². The number of pyridine rings is 1. The average molecular weight is 288 g/mol. The van der Waals surface area contributed by atoms with Crippen LogP contribution in [0.3, 0.4) is 0 Å². The summed E-state index contributed by atoms with van der Waals surface area (Å²) < 4.78 is 0. The molecule has 3 heterocycles. The number of rotatable bonds is 3. The van der Waals surface area contributed by atoms with Gasteiger partial charge in [0.25, 0.3) is 5.91 Å². The van der Waals surface area contributed by atoms with Crippen LogP contribution in [0.4, 0.5) is 5.82 Å². The summed E-state index contributed by atoms with van der Waals surface area (Å²) in [6.45, 7) is 6.71. The number of piperazine rings is 1. The van der Waals surface area contributed by atoms with Gasteiger partial charge in [0.05, 0.1) is 0 Å². The summed E-state index contributed by atoms with van der Waals surface area (Å²) in [6, 6.07) is 6.17. The first-order valence-electron chi connectivity index (χ1n) is 8.02. The summed E-state index contributed by atoms with van der Waals surface area (Å²) >= 11 is 0. The molecule has 1 aromatic heterocycles. The zero-order chi connectivity index (χ0) is 14.7. The van der Waals surface area contributed by atoms with Gasteiger partial charge in [-0.15, -0.1) is 0 Å². The Labute approximate surface area is 126 Å². The molecule has 1 atom stereocenters. The van der Waals surface area contributed by atoms with E-state index in [-0.39, 0.29) is 5.91 Å². The van der Waals surface area contributed by atoms with Crippen LogP contribution in [0.2, 0.25) is 0 Å². The Kier molecular flexibility index (Phi) is 4.39. The van der Waals surface area contributed by atoms with E-state index in [9.17, 15) is 4.79 Å². The largest absolute Gasteiger partial charge is 0.370 e. The molecule has 0 aliphatic carbocycles. The molecule has 21 heavy (non-hydrogen) atoms. The second kappa shape index (κ2) is 6.43. The number of carbonyl (C=O) groups excluding carboxylic acids is 1. The van der Waals surface area contributed by atoms with Gasteiger partial charge in [-0.2, -0.15) is 0 Å². The molecule has 1 amide bonds. The van der Waals surface area contributed by atoms with Gasteiger partial charge in [0.2, 0.25) is 0 Å². The number of piperidine rings is 1. The molecule has 3 rings (SSSR count). The fourth-order valence-electron chi connectivity index (χ4n) is 3.34. The van der Waals surface area contributed by atoms with Gasteiger partial charge in [0, 0.05) is 32.2 Å². The van der Waals surface area contributed by atoms with Gasteiger partial charge >= 0.3 is 0 Å². The number of amides is 1. The number of aromatic nitrogens is 1. The summed E-state index contributed by atoms with van der Waals surface area (Å²) in [5.41, 5.74) is 0.553. The summed E-state index contributed by atoms with van der Waals surface area (Å²) in [5, 5.41) is 3.16. The van der Waals surface area contributed by atoms with Crippen molar-refractivity contribution >= 4 is 11.7 Å². The summed E-state index contributed by atoms with van der Waals surface area (Å²) in [7, 11) is 0. The summed E-state index contributed by atoms with van der Waals surface area (Å²) in [4.78, 5) is 21.6. The summed E-state index contributed by atoms with van der Waals surface area (Å²) in [6.07, 6.45) is 3.81. The van der Waals surface area contributed by atoms with Gasteiger partial charge in [0.1, 0.15) is 11.5 Å². The van der Waals surface area contributed by atoms with Crippen molar-refractivity contribution in [1.29, 1.82) is 0 Å². The molecule has 1 unspecified atom stereocenters. The number of nitrogens with one attached hydrogen (secondary N) is 1. The van der Waals surface area contributed by atoms with E-state index in [1.54, 1.807) is 0 Å². The standard InChI is InChI=1S/C16H24N4O/c1-2-17-15-8-5-7-14(18-15)16(21)20-11-10-19-9-4-3-6-13(19)12-20/h5,7-8,13H,2-4,6,9-12H2,1H3,(H,17,18). The van der Waals surface area contributed by atoms with Gasteiger partial charge < -0.3 is 10.2 Å². The van der Waals surface area contributed by atoms with Crippen molar-refractivity contribution < 1.29 is 4.79 Å². The lowest BCUT2D eigenvalue weighted by molar-refractivity contribution is 0.0368. The van der Waals surface area contributed by atoms with Gasteiger partial charge in [0.15, 0.2) is 0 Å². The van der Waals surface area contributed by atoms with E-state index in [0.29, 0.717) is 11.7 Å². The first-order valence-corrected chi connectivity index (χ1v) is 8.02. The number of hydrogen-bond acceptors (Lipinski definition) is 4. The Hall–Kier alpha value is -1.62. The van der Waals surface area contributed by atoms with Crippen LogP contribution in [-0.2, 0) is 0 Å². The Balaban J connectivity index is 1.68. The van der Waals surface area contributed by atoms with Crippen LogP contribution in [-0.4, -0.2) is 59.5 Å². The van der Waals surface area contributed by atoms with Gasteiger partial charge in [-0.1, -0.05) is 12.5 Å². The Bertz CT molecular complexity index is 505. The van der Waals surface area contributed by atoms with Crippen LogP contribution < -0.4 is 5.32 Å². The van der Waals surface area contributed by atoms with E-state index < -0.39 is 0 Å². The molecule has 0 radical (unpaired) electrons. The highest BCUT2D eigenvalue weighted by Crippen LogP contribution is 2.22. The van der Waals surface area contributed by atoms with Crippen molar-refractivity contribution in [3.8, 4) is 0 Å². The number of hydrogen-bond donors (Lipinski definition) is 1. The zero-order valence-electron chi connectivity index (χ0n) is 12.7. The molecule has 0 aromatic carbocycles. The third-order valence-electron chi connectivity index (χ3n) is 4.45. The van der Waals surface area contributed by atoms with Crippen LogP contribution >= 0.6 is 0 Å². The highest BCUT2D eigenvalue weighted by molar-refractivity contribution is 5.92. The van der Waals surface area contributed by atoms with Crippen LogP contribution in [0.1, 0.15) is 36.7 Å². The highest BCUT2D eigenvalue weighted by atomic mass is 16.2. The molecule has 0 bridgehead atoms. The number of carbonyl (C=O) groups is 1. The van der Waals surface area contributed by atoms with Crippen LogP contribution in [0, 0.1) is 0 Å². The number of anilines is 1. The van der Waals surface area contributed by atoms with Crippen LogP contribution in [0.5, 0.6) is 0 Å². The predicted octanol–water partition coefficient (Wildman–Crippen LogP) is 1.82. The molecular weight excluding hydrogens is 264 g/mol. The lowest BCUT2D eigenvalue weighted by Gasteiger charge is -2.43. The lowest BCUT2D eigenvalue weighted by atomic mass is 9.99. The minimum atomic E-state index is 0.0694. The fraction of sp³-hybridized carbons (Fsp3) is 0.625. The minimum Gasteiger partial charge on any atom is -0.370 e. The fourth-order valence-corrected chi connectivity index (χ4v) is 3.34. The minimum absolute atomic E-state index is 0.0694. The SMILES string of the molecule is CCNc1cccc(C(=O)N2CCN3CCCCC3C2)n1. The predicted molar refractivity (Wildman–Crippen MR) is 83.5 cm³/mol. The monoisotopic (exact) mass is 288 g/mol. The molecule has 5 heteroatoms. The quantitative estimate of drug-likeness (QED) is 0.922. The second-order valence-electron chi connectivity index (χ2n) is 5.88. The lowest BCUT2D eigenvalue weighted by Crippen LogP contribution is -2.56. The Morgan fingerprint density at radius 2 is 2.24 bits per heavy atom. The molecule has 5 nitrogen and oxygen atoms in total. The summed E-state index contributed by atoms with van der Waals surface area (Å²) in [5.74, 6) is 0.847. The molecule has 0 saturated carbocycles. The Morgan fingerprint density at radius 1 is 1.33 bits per heavy atom. The van der Waals surface area contributed by atoms with Crippen LogP contribution in [0.15, 0.2) is 18.2 Å². The van der Waals surface area contributed by atoms with Crippen molar-refractivity contribution in [2.45, 2.75) is 32.2 Å². The maximum absolute atomic E-state index is 12.6. The molecule has 2 saturated heterocycles. The average Bonchev–Trinajstić information content (AvgIpc) is 2.54. The van der Waals surface area contributed by atoms with Crippen LogP contribution in [0.25, 0.3) is 0 Å². The molecular formula is C16H24N4O. The molecule has 2 aliphatic heterocycles. The number of nitrogens with zero attached hydrogens (tertiary/aromatic N) is 3. The van der Waals surface area contributed by atoms with Crippen molar-refractivity contribution in [1.82, 2.24) is 14.8 Å². The van der Waals surface area contributed by atoms with Crippen molar-refractivity contribution in [3.63, 3.8) is 0 Å². The first kappa shape index (κ1) is 14.3. The highest BCUT2D eigenvalue weighted by Gasteiger charge is 2.31. The molecule has 1 N–H and O–H groups in total. The van der Waals surface area contributed by atoms with Crippen molar-refractivity contribution in [3.05, 3.63) is 23.9 Å². The van der Waals surface area contributed by atoms with Crippen molar-refractivity contribution in [2.75, 3.05) is 38.0 Å². The Morgan fingerprint density at radius 3 is 3.10 bits per heavy atom. The number of fused-ring (bicyclic) bond motifs is 1.